The van der Waals surface area contributed by atoms with E-state index in [1.54, 1.807) is 6.92 Å². The first-order chi connectivity index (χ1) is 3.27. The maximum Gasteiger partial charge on any atom is 0.208 e. The molecule has 0 rings (SSSR count). The fourth-order valence-electron chi connectivity index (χ4n) is 0.301. The molecule has 0 atom stereocenters. The average Bonchev–Trinajstić information content (AvgIpc) is 1.61. The van der Waals surface area contributed by atoms with Gasteiger partial charge in [-0.25, -0.2) is 0 Å². The average molecular weight is 117 g/mol. The third kappa shape index (κ3) is 5.69. The molecule has 0 spiro atoms. The molecule has 0 fully saturated rings. The summed E-state index contributed by atoms with van der Waals surface area (Å²) in [6.45, 7) is 3.64. The van der Waals surface area contributed by atoms with Crippen molar-refractivity contribution in [3.8, 4) is 0 Å². The molecule has 1 amide bonds. The zero-order valence-corrected chi connectivity index (χ0v) is 6.24. The van der Waals surface area contributed by atoms with Crippen LogP contribution in [-0.2, 0) is 4.79 Å². The van der Waals surface area contributed by atoms with Gasteiger partial charge in [0.15, 0.2) is 0 Å². The van der Waals surface area contributed by atoms with E-state index in [4.69, 9.17) is 0 Å². The summed E-state index contributed by atoms with van der Waals surface area (Å²) in [7, 11) is -0.225. The molecule has 1 N–H and O–H groups in total. The number of carbonyl (C=O) groups is 1. The predicted octanol–water partition coefficient (Wildman–Crippen LogP) is -0.356. The predicted molar refractivity (Wildman–Crippen MR) is 32.8 cm³/mol. The van der Waals surface area contributed by atoms with E-state index < -0.39 is 0 Å². The second-order valence-corrected chi connectivity index (χ2v) is 3.34. The molecule has 0 radical (unpaired) electrons. The SMILES string of the molecule is CC[SiH2]NC(C)=O. The molecular formula is C4H11NOSi. The summed E-state index contributed by atoms with van der Waals surface area (Å²) in [5, 5.41) is 0. The molecule has 0 aliphatic carbocycles. The van der Waals surface area contributed by atoms with Gasteiger partial charge in [0.05, 0.1) is 0 Å². The third-order valence-corrected chi connectivity index (χ3v) is 1.87. The van der Waals surface area contributed by atoms with Gasteiger partial charge in [0, 0.05) is 6.92 Å². The minimum atomic E-state index is -0.225. The lowest BCUT2D eigenvalue weighted by atomic mass is 10.8. The molecule has 7 heavy (non-hydrogen) atoms. The molecule has 0 bridgehead atoms. The van der Waals surface area contributed by atoms with Gasteiger partial charge in [0.1, 0.15) is 9.68 Å². The standard InChI is InChI=1S/C4H11NOSi/c1-3-7-5-4(2)6/h3,7H2,1-2H3,(H,5,6). The van der Waals surface area contributed by atoms with Crippen LogP contribution in [0.4, 0.5) is 0 Å². The van der Waals surface area contributed by atoms with E-state index in [1.807, 2.05) is 0 Å². The van der Waals surface area contributed by atoms with Crippen molar-refractivity contribution in [1.82, 2.24) is 4.98 Å². The van der Waals surface area contributed by atoms with E-state index >= 15 is 0 Å². The highest BCUT2D eigenvalue weighted by molar-refractivity contribution is 6.36. The second kappa shape index (κ2) is 3.86. The first-order valence-corrected chi connectivity index (χ1v) is 4.22. The normalized spacial score (nSPS) is 10.0. The summed E-state index contributed by atoms with van der Waals surface area (Å²) in [6, 6.07) is 1.15. The lowest BCUT2D eigenvalue weighted by Gasteiger charge is -1.92. The molecule has 3 heteroatoms. The maximum atomic E-state index is 10.1. The first kappa shape index (κ1) is 6.69. The minimum Gasteiger partial charge on any atom is -0.388 e. The van der Waals surface area contributed by atoms with E-state index in [0.29, 0.717) is 0 Å². The van der Waals surface area contributed by atoms with Crippen LogP contribution in [0, 0.1) is 0 Å². The number of nitrogens with one attached hydrogen (secondary N) is 1. The Balaban J connectivity index is 2.82. The molecule has 0 unspecified atom stereocenters. The third-order valence-electron chi connectivity index (χ3n) is 0.624. The number of rotatable bonds is 2. The van der Waals surface area contributed by atoms with Crippen LogP contribution in [0.5, 0.6) is 0 Å². The topological polar surface area (TPSA) is 29.1 Å². The van der Waals surface area contributed by atoms with Gasteiger partial charge in [0.2, 0.25) is 5.91 Å². The summed E-state index contributed by atoms with van der Waals surface area (Å²) < 4.78 is 0. The first-order valence-electron chi connectivity index (χ1n) is 2.51. The summed E-state index contributed by atoms with van der Waals surface area (Å²) in [4.78, 5) is 12.9. The monoisotopic (exact) mass is 117 g/mol. The van der Waals surface area contributed by atoms with Crippen LogP contribution in [0.2, 0.25) is 6.04 Å². The Kier molecular flexibility index (Phi) is 3.69. The molecule has 0 aromatic rings. The van der Waals surface area contributed by atoms with Crippen LogP contribution in [-0.4, -0.2) is 15.6 Å². The van der Waals surface area contributed by atoms with Gasteiger partial charge in [0.25, 0.3) is 0 Å². The molecule has 0 aliphatic heterocycles. The van der Waals surface area contributed by atoms with Crippen LogP contribution in [0.1, 0.15) is 13.8 Å². The van der Waals surface area contributed by atoms with Crippen molar-refractivity contribution >= 4 is 15.6 Å². The van der Waals surface area contributed by atoms with E-state index in [9.17, 15) is 4.79 Å². The summed E-state index contributed by atoms with van der Waals surface area (Å²) >= 11 is 0. The fourth-order valence-corrected chi connectivity index (χ4v) is 0.903. The Morgan fingerprint density at radius 2 is 2.43 bits per heavy atom. The van der Waals surface area contributed by atoms with Crippen molar-refractivity contribution in [2.45, 2.75) is 19.9 Å². The van der Waals surface area contributed by atoms with Gasteiger partial charge in [-0.2, -0.15) is 0 Å². The highest BCUT2D eigenvalue weighted by Gasteiger charge is 1.84. The minimum absolute atomic E-state index is 0.119. The fraction of sp³-hybridized carbons (Fsp3) is 0.750. The molecule has 42 valence electrons. The van der Waals surface area contributed by atoms with Crippen molar-refractivity contribution in [3.05, 3.63) is 0 Å². The Hall–Kier alpha value is -0.313. The Morgan fingerprint density at radius 1 is 1.86 bits per heavy atom. The van der Waals surface area contributed by atoms with Gasteiger partial charge in [-0.3, -0.25) is 4.79 Å². The Labute approximate surface area is 46.2 Å². The van der Waals surface area contributed by atoms with Gasteiger partial charge < -0.3 is 4.98 Å². The van der Waals surface area contributed by atoms with Crippen LogP contribution in [0.15, 0.2) is 0 Å². The number of amides is 1. The van der Waals surface area contributed by atoms with Crippen molar-refractivity contribution in [1.29, 1.82) is 0 Å². The molecule has 0 saturated carbocycles. The van der Waals surface area contributed by atoms with Gasteiger partial charge in [-0.1, -0.05) is 6.92 Å². The zero-order chi connectivity index (χ0) is 5.70. The molecule has 0 aromatic heterocycles. The van der Waals surface area contributed by atoms with E-state index in [-0.39, 0.29) is 15.6 Å². The highest BCUT2D eigenvalue weighted by atomic mass is 28.2. The zero-order valence-electron chi connectivity index (χ0n) is 4.82. The lowest BCUT2D eigenvalue weighted by Crippen LogP contribution is -2.23. The second-order valence-electron chi connectivity index (χ2n) is 1.48. The van der Waals surface area contributed by atoms with Crippen molar-refractivity contribution in [3.63, 3.8) is 0 Å². The molecule has 0 heterocycles. The molecule has 0 aromatic carbocycles. The van der Waals surface area contributed by atoms with E-state index in [1.165, 1.54) is 0 Å². The molecule has 0 aliphatic rings. The Bertz CT molecular complexity index is 64.7. The van der Waals surface area contributed by atoms with Crippen molar-refractivity contribution in [2.75, 3.05) is 0 Å². The molecule has 2 nitrogen and oxygen atoms in total. The van der Waals surface area contributed by atoms with Crippen LogP contribution >= 0.6 is 0 Å². The summed E-state index contributed by atoms with van der Waals surface area (Å²) in [5.74, 6) is 0.119. The van der Waals surface area contributed by atoms with Gasteiger partial charge in [-0.15, -0.1) is 0 Å². The van der Waals surface area contributed by atoms with E-state index in [0.717, 1.165) is 6.04 Å². The van der Waals surface area contributed by atoms with Crippen LogP contribution in [0.3, 0.4) is 0 Å². The smallest absolute Gasteiger partial charge is 0.208 e. The molecule has 0 saturated heterocycles. The van der Waals surface area contributed by atoms with E-state index in [2.05, 4.69) is 11.9 Å². The number of hydrogen-bond donors (Lipinski definition) is 1. The summed E-state index contributed by atoms with van der Waals surface area (Å²) in [5.41, 5.74) is 0. The van der Waals surface area contributed by atoms with Crippen molar-refractivity contribution < 1.29 is 4.79 Å². The van der Waals surface area contributed by atoms with Gasteiger partial charge >= 0.3 is 0 Å². The summed E-state index contributed by atoms with van der Waals surface area (Å²) in [6.07, 6.45) is 0. The lowest BCUT2D eigenvalue weighted by molar-refractivity contribution is -0.117. The number of hydrogen-bond acceptors (Lipinski definition) is 1. The van der Waals surface area contributed by atoms with Crippen molar-refractivity contribution in [2.24, 2.45) is 0 Å². The van der Waals surface area contributed by atoms with Crippen LogP contribution < -0.4 is 4.98 Å². The maximum absolute atomic E-state index is 10.1. The Morgan fingerprint density at radius 3 is 2.57 bits per heavy atom. The largest absolute Gasteiger partial charge is 0.388 e. The molecular weight excluding hydrogens is 106 g/mol. The van der Waals surface area contributed by atoms with Crippen LogP contribution in [0.25, 0.3) is 0 Å². The number of carbonyl (C=O) groups excluding carboxylic acids is 1. The van der Waals surface area contributed by atoms with Gasteiger partial charge in [-0.05, 0) is 6.04 Å². The highest BCUT2D eigenvalue weighted by Crippen LogP contribution is 1.66. The quantitative estimate of drug-likeness (QED) is 0.492.